The van der Waals surface area contributed by atoms with Crippen LogP contribution in [-0.2, 0) is 9.84 Å². The van der Waals surface area contributed by atoms with Crippen LogP contribution in [0.1, 0.15) is 6.92 Å². The number of rotatable bonds is 5. The van der Waals surface area contributed by atoms with Gasteiger partial charge in [-0.15, -0.1) is 0 Å². The first-order chi connectivity index (χ1) is 17.1. The summed E-state index contributed by atoms with van der Waals surface area (Å²) in [7, 11) is -3.53. The van der Waals surface area contributed by atoms with E-state index < -0.39 is 21.8 Å². The van der Waals surface area contributed by atoms with Crippen LogP contribution < -0.4 is 16.0 Å². The summed E-state index contributed by atoms with van der Waals surface area (Å²) in [5.74, 6) is -0.300. The highest BCUT2D eigenvalue weighted by atomic mass is 32.2. The van der Waals surface area contributed by atoms with E-state index in [1.165, 1.54) is 12.1 Å². The molecule has 0 radical (unpaired) electrons. The van der Waals surface area contributed by atoms with E-state index in [-0.39, 0.29) is 22.4 Å². The lowest BCUT2D eigenvalue weighted by atomic mass is 9.92. The third-order valence-electron chi connectivity index (χ3n) is 6.38. The zero-order valence-corrected chi connectivity index (χ0v) is 20.5. The first-order valence-electron chi connectivity index (χ1n) is 11.4. The Bertz CT molecular complexity index is 1530. The summed E-state index contributed by atoms with van der Waals surface area (Å²) in [6.07, 6.45) is 5.45. The van der Waals surface area contributed by atoms with Crippen molar-refractivity contribution in [1.29, 1.82) is 0 Å². The Hall–Kier alpha value is -3.61. The number of aliphatic hydroxyl groups excluding tert-OH is 1. The first kappa shape index (κ1) is 24.1. The van der Waals surface area contributed by atoms with Crippen LogP contribution in [0.5, 0.6) is 0 Å². The molecule has 0 saturated carbocycles. The van der Waals surface area contributed by atoms with Gasteiger partial charge in [0.25, 0.3) is 0 Å². The van der Waals surface area contributed by atoms with Crippen LogP contribution in [0.2, 0.25) is 0 Å². The second-order valence-electron chi connectivity index (χ2n) is 9.11. The van der Waals surface area contributed by atoms with Crippen LogP contribution >= 0.6 is 0 Å². The van der Waals surface area contributed by atoms with Gasteiger partial charge in [-0.25, -0.2) is 17.8 Å². The fraction of sp³-hybridized carbons (Fsp3) is 0.292. The summed E-state index contributed by atoms with van der Waals surface area (Å²) < 4.78 is 39.9. The number of imidazole rings is 1. The van der Waals surface area contributed by atoms with Crippen LogP contribution in [0.25, 0.3) is 16.8 Å². The van der Waals surface area contributed by atoms with E-state index in [0.717, 1.165) is 18.0 Å². The summed E-state index contributed by atoms with van der Waals surface area (Å²) in [5, 5.41) is 18.1. The van der Waals surface area contributed by atoms with E-state index in [2.05, 4.69) is 25.3 Å². The molecule has 4 aromatic rings. The standard InChI is InChI=1S/C24H26FN7O3S/c1-14-12-31(13-19(26)23(14)33)22-7-8-27-11-21(22)29-24-28-10-15-3-6-20(30-32(15)24)17-5-4-16(9-18(17)25)36(2,34)35/h3-11,14,19,23,33H,12-13,26H2,1-2H3,(H,28,29)/t14-,19?,23?/m0/s1. The molecule has 1 aliphatic heterocycles. The molecule has 0 aliphatic carbocycles. The molecule has 1 saturated heterocycles. The molecular weight excluding hydrogens is 485 g/mol. The maximum atomic E-state index is 14.8. The number of hydrogen-bond donors (Lipinski definition) is 3. The van der Waals surface area contributed by atoms with Gasteiger partial charge < -0.3 is 21.1 Å². The van der Waals surface area contributed by atoms with Gasteiger partial charge in [0.2, 0.25) is 5.95 Å². The number of aliphatic hydroxyl groups is 1. The lowest BCUT2D eigenvalue weighted by molar-refractivity contribution is 0.0785. The van der Waals surface area contributed by atoms with Crippen molar-refractivity contribution in [2.75, 3.05) is 29.6 Å². The number of pyridine rings is 1. The van der Waals surface area contributed by atoms with Crippen LogP contribution in [0, 0.1) is 11.7 Å². The van der Waals surface area contributed by atoms with E-state index in [4.69, 9.17) is 5.73 Å². The molecule has 36 heavy (non-hydrogen) atoms. The molecule has 2 unspecified atom stereocenters. The van der Waals surface area contributed by atoms with E-state index in [1.54, 1.807) is 35.2 Å². The summed E-state index contributed by atoms with van der Waals surface area (Å²) in [5.41, 5.74) is 8.85. The summed E-state index contributed by atoms with van der Waals surface area (Å²) in [6, 6.07) is 8.64. The molecule has 10 nitrogen and oxygen atoms in total. The number of hydrogen-bond acceptors (Lipinski definition) is 9. The molecule has 1 aliphatic rings. The minimum Gasteiger partial charge on any atom is -0.391 e. The number of halogens is 1. The average Bonchev–Trinajstić information content (AvgIpc) is 3.24. The van der Waals surface area contributed by atoms with Crippen molar-refractivity contribution in [2.24, 2.45) is 11.7 Å². The molecule has 4 heterocycles. The lowest BCUT2D eigenvalue weighted by Crippen LogP contribution is -2.55. The molecule has 1 aromatic carbocycles. The maximum Gasteiger partial charge on any atom is 0.229 e. The summed E-state index contributed by atoms with van der Waals surface area (Å²) in [6.45, 7) is 3.07. The Morgan fingerprint density at radius 2 is 1.97 bits per heavy atom. The number of nitrogens with zero attached hydrogens (tertiary/aromatic N) is 5. The van der Waals surface area contributed by atoms with E-state index >= 15 is 0 Å². The predicted molar refractivity (Wildman–Crippen MR) is 134 cm³/mol. The van der Waals surface area contributed by atoms with Crippen molar-refractivity contribution in [3.05, 3.63) is 60.8 Å². The fourth-order valence-corrected chi connectivity index (χ4v) is 5.07. The lowest BCUT2D eigenvalue weighted by Gasteiger charge is -2.40. The molecule has 4 N–H and O–H groups in total. The number of benzene rings is 1. The Labute approximate surface area is 207 Å². The van der Waals surface area contributed by atoms with Gasteiger partial charge in [-0.05, 0) is 36.4 Å². The minimum atomic E-state index is -3.53. The molecule has 3 atom stereocenters. The van der Waals surface area contributed by atoms with Crippen molar-refractivity contribution < 1.29 is 17.9 Å². The summed E-state index contributed by atoms with van der Waals surface area (Å²) in [4.78, 5) is 10.7. The number of nitrogens with one attached hydrogen (secondary N) is 1. The van der Waals surface area contributed by atoms with Crippen molar-refractivity contribution in [1.82, 2.24) is 19.6 Å². The second-order valence-corrected chi connectivity index (χ2v) is 11.1. The van der Waals surface area contributed by atoms with Crippen LogP contribution in [0.15, 0.2) is 59.9 Å². The highest BCUT2D eigenvalue weighted by Crippen LogP contribution is 2.31. The monoisotopic (exact) mass is 511 g/mol. The number of sulfone groups is 1. The number of anilines is 3. The third kappa shape index (κ3) is 4.50. The van der Waals surface area contributed by atoms with Gasteiger partial charge in [0, 0.05) is 43.1 Å². The second kappa shape index (κ2) is 9.12. The average molecular weight is 512 g/mol. The maximum absolute atomic E-state index is 14.8. The zero-order chi connectivity index (χ0) is 25.6. The molecular formula is C24H26FN7O3S. The number of fused-ring (bicyclic) bond motifs is 1. The number of piperidine rings is 1. The van der Waals surface area contributed by atoms with Gasteiger partial charge in [-0.1, -0.05) is 6.92 Å². The van der Waals surface area contributed by atoms with Gasteiger partial charge >= 0.3 is 0 Å². The first-order valence-corrected chi connectivity index (χ1v) is 13.3. The molecule has 5 rings (SSSR count). The topological polar surface area (TPSA) is 139 Å². The quantitative estimate of drug-likeness (QED) is 0.368. The van der Waals surface area contributed by atoms with E-state index in [1.807, 2.05) is 13.0 Å². The van der Waals surface area contributed by atoms with Crippen molar-refractivity contribution in [3.63, 3.8) is 0 Å². The highest BCUT2D eigenvalue weighted by molar-refractivity contribution is 7.90. The van der Waals surface area contributed by atoms with Gasteiger partial charge in [0.15, 0.2) is 9.84 Å². The number of nitrogens with two attached hydrogens (primary N) is 1. The Morgan fingerprint density at radius 1 is 1.17 bits per heavy atom. The van der Waals surface area contributed by atoms with Gasteiger partial charge in [0.05, 0.1) is 46.0 Å². The molecule has 1 fully saturated rings. The largest absolute Gasteiger partial charge is 0.391 e. The van der Waals surface area contributed by atoms with Crippen LogP contribution in [-0.4, -0.2) is 64.6 Å². The van der Waals surface area contributed by atoms with Gasteiger partial charge in [-0.3, -0.25) is 4.98 Å². The SMILES string of the molecule is C[C@H]1CN(c2ccncc2Nc2ncc3ccc(-c4ccc(S(C)(=O)=O)cc4F)nn23)CC(N)C1O. The van der Waals surface area contributed by atoms with Crippen molar-refractivity contribution in [2.45, 2.75) is 24.0 Å². The Morgan fingerprint density at radius 3 is 2.69 bits per heavy atom. The Balaban J connectivity index is 1.49. The van der Waals surface area contributed by atoms with Crippen LogP contribution in [0.3, 0.4) is 0 Å². The predicted octanol–water partition coefficient (Wildman–Crippen LogP) is 2.22. The minimum absolute atomic E-state index is 0.00442. The molecule has 0 bridgehead atoms. The number of aromatic nitrogens is 4. The van der Waals surface area contributed by atoms with E-state index in [0.29, 0.717) is 35.9 Å². The summed E-state index contributed by atoms with van der Waals surface area (Å²) >= 11 is 0. The van der Waals surface area contributed by atoms with Crippen molar-refractivity contribution >= 4 is 32.7 Å². The molecule has 0 amide bonds. The van der Waals surface area contributed by atoms with E-state index in [9.17, 15) is 17.9 Å². The van der Waals surface area contributed by atoms with Crippen molar-refractivity contribution in [3.8, 4) is 11.3 Å². The molecule has 3 aromatic heterocycles. The smallest absolute Gasteiger partial charge is 0.229 e. The normalized spacial score (nSPS) is 20.6. The van der Waals surface area contributed by atoms with Gasteiger partial charge in [-0.2, -0.15) is 9.61 Å². The molecule has 12 heteroatoms. The zero-order valence-electron chi connectivity index (χ0n) is 19.7. The molecule has 188 valence electrons. The third-order valence-corrected chi connectivity index (χ3v) is 7.49. The van der Waals surface area contributed by atoms with Crippen LogP contribution in [0.4, 0.5) is 21.7 Å². The fourth-order valence-electron chi connectivity index (χ4n) is 4.44. The Kier molecular flexibility index (Phi) is 6.10. The molecule has 0 spiro atoms. The van der Waals surface area contributed by atoms with Gasteiger partial charge in [0.1, 0.15) is 5.82 Å². The highest BCUT2D eigenvalue weighted by Gasteiger charge is 2.32.